The van der Waals surface area contributed by atoms with Gasteiger partial charge in [-0.15, -0.1) is 0 Å². The summed E-state index contributed by atoms with van der Waals surface area (Å²) in [5.74, 6) is -1.79. The summed E-state index contributed by atoms with van der Waals surface area (Å²) in [6, 6.07) is 1.21. The molecule has 24 heavy (non-hydrogen) atoms. The number of hydrogen-bond acceptors (Lipinski definition) is 4. The Morgan fingerprint density at radius 2 is 2.12 bits per heavy atom. The van der Waals surface area contributed by atoms with Gasteiger partial charge in [0, 0.05) is 25.2 Å². The molecule has 1 saturated heterocycles. The molecular weight excluding hydrogens is 312 g/mol. The summed E-state index contributed by atoms with van der Waals surface area (Å²) >= 11 is 0. The average molecular weight is 336 g/mol. The Labute approximate surface area is 141 Å². The van der Waals surface area contributed by atoms with Crippen molar-refractivity contribution in [3.63, 3.8) is 0 Å². The van der Waals surface area contributed by atoms with Gasteiger partial charge in [0.2, 0.25) is 5.91 Å². The van der Waals surface area contributed by atoms with Crippen molar-refractivity contribution in [2.45, 2.75) is 45.6 Å². The second-order valence-electron chi connectivity index (χ2n) is 6.23. The van der Waals surface area contributed by atoms with E-state index in [1.54, 1.807) is 4.90 Å². The van der Waals surface area contributed by atoms with E-state index in [9.17, 15) is 14.4 Å². The smallest absolute Gasteiger partial charge is 0.338 e. The summed E-state index contributed by atoms with van der Waals surface area (Å²) in [7, 11) is 0. The molecule has 2 N–H and O–H groups in total. The van der Waals surface area contributed by atoms with Crippen molar-refractivity contribution in [2.24, 2.45) is 5.92 Å². The van der Waals surface area contributed by atoms with E-state index in [0.29, 0.717) is 13.1 Å². The Morgan fingerprint density at radius 1 is 1.38 bits per heavy atom. The van der Waals surface area contributed by atoms with Crippen LogP contribution in [0.4, 0.5) is 0 Å². The Morgan fingerprint density at radius 3 is 2.75 bits per heavy atom. The number of furan rings is 1. The normalized spacial score (nSPS) is 20.7. The summed E-state index contributed by atoms with van der Waals surface area (Å²) in [4.78, 5) is 37.3. The molecule has 2 heterocycles. The highest BCUT2D eigenvalue weighted by Crippen LogP contribution is 2.24. The molecule has 0 spiro atoms. The van der Waals surface area contributed by atoms with Crippen molar-refractivity contribution in [1.29, 1.82) is 0 Å². The molecule has 2 amide bonds. The van der Waals surface area contributed by atoms with Gasteiger partial charge in [-0.25, -0.2) is 4.79 Å². The van der Waals surface area contributed by atoms with E-state index < -0.39 is 5.97 Å². The molecule has 0 radical (unpaired) electrons. The summed E-state index contributed by atoms with van der Waals surface area (Å²) in [6.45, 7) is 4.95. The Hall–Kier alpha value is -2.31. The van der Waals surface area contributed by atoms with E-state index in [0.717, 1.165) is 31.9 Å². The summed E-state index contributed by atoms with van der Waals surface area (Å²) < 4.78 is 5.09. The summed E-state index contributed by atoms with van der Waals surface area (Å²) in [6.07, 6.45) is 4.46. The number of carboxylic acids is 1. The third-order valence-electron chi connectivity index (χ3n) is 4.40. The molecule has 2 atom stereocenters. The molecule has 1 aromatic rings. The number of carboxylic acid groups (broad SMARTS) is 1. The van der Waals surface area contributed by atoms with E-state index in [4.69, 9.17) is 9.52 Å². The van der Waals surface area contributed by atoms with Crippen LogP contribution >= 0.6 is 0 Å². The maximum Gasteiger partial charge on any atom is 0.338 e. The number of amides is 2. The SMILES string of the molecule is CCCCNC(=O)C1CCC(C)N(C(=O)c2cc(C(=O)O)co2)C1. The van der Waals surface area contributed by atoms with Gasteiger partial charge in [0.1, 0.15) is 6.26 Å². The first kappa shape index (κ1) is 18.0. The first-order valence-electron chi connectivity index (χ1n) is 8.34. The fourth-order valence-corrected chi connectivity index (χ4v) is 2.84. The van der Waals surface area contributed by atoms with Crippen LogP contribution in [0, 0.1) is 5.92 Å². The lowest BCUT2D eigenvalue weighted by Crippen LogP contribution is -2.49. The Balaban J connectivity index is 2.03. The minimum atomic E-state index is -1.14. The molecule has 0 aliphatic carbocycles. The van der Waals surface area contributed by atoms with Gasteiger partial charge in [-0.05, 0) is 26.2 Å². The van der Waals surface area contributed by atoms with E-state index in [-0.39, 0.29) is 35.1 Å². The topological polar surface area (TPSA) is 99.9 Å². The largest absolute Gasteiger partial charge is 0.478 e. The summed E-state index contributed by atoms with van der Waals surface area (Å²) in [5, 5.41) is 11.8. The molecule has 2 rings (SSSR count). The maximum atomic E-state index is 12.6. The molecule has 7 heteroatoms. The highest BCUT2D eigenvalue weighted by Gasteiger charge is 2.34. The van der Waals surface area contributed by atoms with Gasteiger partial charge in [0.05, 0.1) is 11.5 Å². The minimum absolute atomic E-state index is 0.00806. The number of nitrogens with zero attached hydrogens (tertiary/aromatic N) is 1. The number of likely N-dealkylation sites (tertiary alicyclic amines) is 1. The lowest BCUT2D eigenvalue weighted by atomic mass is 9.92. The van der Waals surface area contributed by atoms with Crippen LogP contribution in [0.15, 0.2) is 16.7 Å². The molecular formula is C17H24N2O5. The summed E-state index contributed by atoms with van der Waals surface area (Å²) in [5.41, 5.74) is -0.0585. The fourth-order valence-electron chi connectivity index (χ4n) is 2.84. The van der Waals surface area contributed by atoms with Crippen LogP contribution in [0.5, 0.6) is 0 Å². The van der Waals surface area contributed by atoms with Gasteiger partial charge in [-0.2, -0.15) is 0 Å². The molecule has 1 aliphatic heterocycles. The molecule has 0 aromatic carbocycles. The number of rotatable bonds is 6. The zero-order chi connectivity index (χ0) is 17.7. The number of carbonyl (C=O) groups excluding carboxylic acids is 2. The number of piperidine rings is 1. The maximum absolute atomic E-state index is 12.6. The number of unbranched alkanes of at least 4 members (excludes halogenated alkanes) is 1. The number of carbonyl (C=O) groups is 3. The van der Waals surface area contributed by atoms with E-state index in [1.807, 2.05) is 6.92 Å². The van der Waals surface area contributed by atoms with Crippen LogP contribution < -0.4 is 5.32 Å². The second-order valence-corrected chi connectivity index (χ2v) is 6.23. The van der Waals surface area contributed by atoms with Gasteiger partial charge in [-0.1, -0.05) is 13.3 Å². The van der Waals surface area contributed by atoms with Crippen LogP contribution in [0.25, 0.3) is 0 Å². The quantitative estimate of drug-likeness (QED) is 0.775. The van der Waals surface area contributed by atoms with Gasteiger partial charge in [0.25, 0.3) is 5.91 Å². The Kier molecular flexibility index (Phi) is 6.00. The van der Waals surface area contributed by atoms with Crippen molar-refractivity contribution < 1.29 is 23.9 Å². The molecule has 0 bridgehead atoms. The molecule has 132 valence electrons. The number of hydrogen-bond donors (Lipinski definition) is 2. The molecule has 1 aromatic heterocycles. The third kappa shape index (κ3) is 4.15. The van der Waals surface area contributed by atoms with Crippen LogP contribution in [-0.2, 0) is 4.79 Å². The van der Waals surface area contributed by atoms with Crippen LogP contribution in [0.3, 0.4) is 0 Å². The minimum Gasteiger partial charge on any atom is -0.478 e. The average Bonchev–Trinajstić information content (AvgIpc) is 3.05. The van der Waals surface area contributed by atoms with E-state index in [1.165, 1.54) is 6.07 Å². The van der Waals surface area contributed by atoms with Crippen molar-refractivity contribution in [3.8, 4) is 0 Å². The molecule has 7 nitrogen and oxygen atoms in total. The zero-order valence-corrected chi connectivity index (χ0v) is 14.1. The predicted molar refractivity (Wildman–Crippen MR) is 86.8 cm³/mol. The van der Waals surface area contributed by atoms with Gasteiger partial charge >= 0.3 is 5.97 Å². The van der Waals surface area contributed by atoms with Crippen molar-refractivity contribution in [3.05, 3.63) is 23.7 Å². The number of aromatic carboxylic acids is 1. The molecule has 0 saturated carbocycles. The van der Waals surface area contributed by atoms with Crippen LogP contribution in [0.2, 0.25) is 0 Å². The lowest BCUT2D eigenvalue weighted by Gasteiger charge is -2.36. The molecule has 2 unspecified atom stereocenters. The van der Waals surface area contributed by atoms with Crippen molar-refractivity contribution in [2.75, 3.05) is 13.1 Å². The van der Waals surface area contributed by atoms with Gasteiger partial charge in [-0.3, -0.25) is 9.59 Å². The predicted octanol–water partition coefficient (Wildman–Crippen LogP) is 2.13. The zero-order valence-electron chi connectivity index (χ0n) is 14.1. The highest BCUT2D eigenvalue weighted by atomic mass is 16.4. The van der Waals surface area contributed by atoms with Gasteiger partial charge < -0.3 is 19.7 Å². The Bertz CT molecular complexity index is 610. The van der Waals surface area contributed by atoms with E-state index in [2.05, 4.69) is 12.2 Å². The lowest BCUT2D eigenvalue weighted by molar-refractivity contribution is -0.126. The number of nitrogens with one attached hydrogen (secondary N) is 1. The van der Waals surface area contributed by atoms with Crippen LogP contribution in [-0.4, -0.2) is 46.9 Å². The van der Waals surface area contributed by atoms with Crippen molar-refractivity contribution in [1.82, 2.24) is 10.2 Å². The molecule has 1 fully saturated rings. The third-order valence-corrected chi connectivity index (χ3v) is 4.40. The monoisotopic (exact) mass is 336 g/mol. The van der Waals surface area contributed by atoms with Crippen LogP contribution in [0.1, 0.15) is 60.4 Å². The standard InChI is InChI=1S/C17H24N2O5/c1-3-4-7-18-15(20)12-6-5-11(2)19(9-12)16(21)14-8-13(10-24-14)17(22)23/h8,10-12H,3-7,9H2,1-2H3,(H,18,20)(H,22,23). The highest BCUT2D eigenvalue weighted by molar-refractivity contribution is 5.96. The first-order valence-corrected chi connectivity index (χ1v) is 8.34. The van der Waals surface area contributed by atoms with E-state index >= 15 is 0 Å². The van der Waals surface area contributed by atoms with Crippen molar-refractivity contribution >= 4 is 17.8 Å². The second kappa shape index (κ2) is 7.99. The van der Waals surface area contributed by atoms with Gasteiger partial charge in [0.15, 0.2) is 5.76 Å². The fraction of sp³-hybridized carbons (Fsp3) is 0.588. The first-order chi connectivity index (χ1) is 11.4. The molecule has 1 aliphatic rings.